The molecular formula is C28H27N3O5. The standard InChI is InChI=1S/C28H27N3O5/c1-18-12-22(32)21(28-26(18)27(33)25(36-28)13-19-4-6-29-7-5-19)16-31-10-8-30(9-11-31)15-20-2-3-23-24(14-20)35-17-34-23/h2-7,12-14,32H,8-11,15-17H2,1H3/b25-13-. The number of fused-ring (bicyclic) bond motifs is 2. The highest BCUT2D eigenvalue weighted by Crippen LogP contribution is 2.42. The molecule has 0 aliphatic carbocycles. The number of aromatic hydroxyl groups is 1. The van der Waals surface area contributed by atoms with Gasteiger partial charge >= 0.3 is 0 Å². The summed E-state index contributed by atoms with van der Waals surface area (Å²) in [7, 11) is 0. The summed E-state index contributed by atoms with van der Waals surface area (Å²) in [6.45, 7) is 6.96. The summed E-state index contributed by atoms with van der Waals surface area (Å²) in [6, 6.07) is 11.4. The van der Waals surface area contributed by atoms with E-state index < -0.39 is 0 Å². The molecule has 0 saturated carbocycles. The number of nitrogens with zero attached hydrogens (tertiary/aromatic N) is 3. The molecule has 1 saturated heterocycles. The van der Waals surface area contributed by atoms with Crippen molar-refractivity contribution in [1.82, 2.24) is 14.8 Å². The predicted molar refractivity (Wildman–Crippen MR) is 133 cm³/mol. The van der Waals surface area contributed by atoms with Crippen LogP contribution in [0, 0.1) is 6.92 Å². The topological polar surface area (TPSA) is 84.4 Å². The molecule has 2 aromatic carbocycles. The number of phenolic OH excluding ortho intramolecular Hbond substituents is 1. The largest absolute Gasteiger partial charge is 0.507 e. The fourth-order valence-corrected chi connectivity index (χ4v) is 4.97. The third-order valence-electron chi connectivity index (χ3n) is 6.91. The maximum absolute atomic E-state index is 13.1. The van der Waals surface area contributed by atoms with Gasteiger partial charge in [0.15, 0.2) is 17.3 Å². The maximum atomic E-state index is 13.1. The van der Waals surface area contributed by atoms with Gasteiger partial charge in [0.2, 0.25) is 12.6 Å². The minimum atomic E-state index is -0.158. The fourth-order valence-electron chi connectivity index (χ4n) is 4.97. The minimum absolute atomic E-state index is 0.158. The van der Waals surface area contributed by atoms with E-state index in [1.54, 1.807) is 24.5 Å². The number of ketones is 1. The summed E-state index contributed by atoms with van der Waals surface area (Å²) in [5.74, 6) is 2.34. The van der Waals surface area contributed by atoms with E-state index in [9.17, 15) is 9.90 Å². The van der Waals surface area contributed by atoms with Gasteiger partial charge in [-0.25, -0.2) is 0 Å². The molecule has 0 amide bonds. The molecule has 0 unspecified atom stereocenters. The molecule has 1 aromatic heterocycles. The van der Waals surface area contributed by atoms with Crippen molar-refractivity contribution in [3.05, 3.63) is 82.4 Å². The highest BCUT2D eigenvalue weighted by atomic mass is 16.7. The SMILES string of the molecule is Cc1cc(O)c(CN2CCN(Cc3ccc4c(c3)OCO4)CC2)c2c1C(=O)/C(=C/c1ccncc1)O2. The van der Waals surface area contributed by atoms with Crippen molar-refractivity contribution < 1.29 is 24.1 Å². The molecule has 4 heterocycles. The molecule has 184 valence electrons. The monoisotopic (exact) mass is 485 g/mol. The van der Waals surface area contributed by atoms with E-state index in [1.807, 2.05) is 31.2 Å². The Morgan fingerprint density at radius 3 is 2.47 bits per heavy atom. The zero-order valence-corrected chi connectivity index (χ0v) is 20.1. The molecule has 1 fully saturated rings. The first kappa shape index (κ1) is 22.6. The maximum Gasteiger partial charge on any atom is 0.232 e. The number of carbonyl (C=O) groups excluding carboxylic acids is 1. The molecule has 6 rings (SSSR count). The molecule has 1 N–H and O–H groups in total. The summed E-state index contributed by atoms with van der Waals surface area (Å²) in [4.78, 5) is 21.9. The Morgan fingerprint density at radius 2 is 1.69 bits per heavy atom. The fraction of sp³-hybridized carbons (Fsp3) is 0.286. The summed E-state index contributed by atoms with van der Waals surface area (Å²) < 4.78 is 17.0. The molecule has 0 spiro atoms. The number of pyridine rings is 1. The molecule has 8 nitrogen and oxygen atoms in total. The highest BCUT2D eigenvalue weighted by Gasteiger charge is 2.34. The number of piperazine rings is 1. The van der Waals surface area contributed by atoms with Crippen molar-refractivity contribution >= 4 is 11.9 Å². The van der Waals surface area contributed by atoms with Crippen LogP contribution in [0.1, 0.15) is 32.6 Å². The number of phenols is 1. The van der Waals surface area contributed by atoms with E-state index in [-0.39, 0.29) is 24.1 Å². The van der Waals surface area contributed by atoms with Crippen LogP contribution < -0.4 is 14.2 Å². The van der Waals surface area contributed by atoms with E-state index in [0.29, 0.717) is 29.0 Å². The molecule has 0 atom stereocenters. The number of aryl methyl sites for hydroxylation is 1. The van der Waals surface area contributed by atoms with Gasteiger partial charge < -0.3 is 19.3 Å². The van der Waals surface area contributed by atoms with Gasteiger partial charge in [-0.1, -0.05) is 6.07 Å². The smallest absolute Gasteiger partial charge is 0.232 e. The van der Waals surface area contributed by atoms with Gasteiger partial charge in [0.25, 0.3) is 0 Å². The van der Waals surface area contributed by atoms with Gasteiger partial charge in [-0.05, 0) is 60.0 Å². The average Bonchev–Trinajstić information content (AvgIpc) is 3.48. The second-order valence-electron chi connectivity index (χ2n) is 9.36. The van der Waals surface area contributed by atoms with Crippen molar-refractivity contribution in [2.45, 2.75) is 20.0 Å². The summed E-state index contributed by atoms with van der Waals surface area (Å²) in [6.07, 6.45) is 5.07. The molecular weight excluding hydrogens is 458 g/mol. The van der Waals surface area contributed by atoms with Crippen LogP contribution >= 0.6 is 0 Å². The lowest BCUT2D eigenvalue weighted by Gasteiger charge is -2.35. The Bertz CT molecular complexity index is 1350. The summed E-state index contributed by atoms with van der Waals surface area (Å²) in [5, 5.41) is 10.8. The lowest BCUT2D eigenvalue weighted by Crippen LogP contribution is -2.45. The molecule has 8 heteroatoms. The summed E-state index contributed by atoms with van der Waals surface area (Å²) >= 11 is 0. The molecule has 3 aliphatic rings. The van der Waals surface area contributed by atoms with E-state index in [2.05, 4.69) is 20.9 Å². The van der Waals surface area contributed by atoms with Crippen LogP contribution in [-0.4, -0.2) is 58.6 Å². The normalized spacial score (nSPS) is 18.5. The average molecular weight is 486 g/mol. The van der Waals surface area contributed by atoms with Crippen molar-refractivity contribution in [2.75, 3.05) is 33.0 Å². The van der Waals surface area contributed by atoms with Gasteiger partial charge in [-0.2, -0.15) is 0 Å². The number of Topliss-reactive ketones (excluding diaryl/α,β-unsaturated/α-hetero) is 1. The number of ether oxygens (including phenoxy) is 3. The van der Waals surface area contributed by atoms with Crippen molar-refractivity contribution in [3.63, 3.8) is 0 Å². The first-order valence-corrected chi connectivity index (χ1v) is 12.1. The molecule has 0 radical (unpaired) electrons. The van der Waals surface area contributed by atoms with Crippen LogP contribution in [0.4, 0.5) is 0 Å². The number of allylic oxidation sites excluding steroid dienone is 1. The second-order valence-corrected chi connectivity index (χ2v) is 9.36. The van der Waals surface area contributed by atoms with Crippen LogP contribution in [0.2, 0.25) is 0 Å². The minimum Gasteiger partial charge on any atom is -0.507 e. The van der Waals surface area contributed by atoms with E-state index in [1.165, 1.54) is 5.56 Å². The third kappa shape index (κ3) is 4.29. The number of carbonyl (C=O) groups is 1. The number of hydrogen-bond donors (Lipinski definition) is 1. The van der Waals surface area contributed by atoms with Gasteiger partial charge in [0.05, 0.1) is 11.1 Å². The van der Waals surface area contributed by atoms with Crippen molar-refractivity contribution in [1.29, 1.82) is 0 Å². The lowest BCUT2D eigenvalue weighted by atomic mass is 9.99. The second kappa shape index (κ2) is 9.29. The van der Waals surface area contributed by atoms with Crippen molar-refractivity contribution in [2.24, 2.45) is 0 Å². The van der Waals surface area contributed by atoms with Gasteiger partial charge in [-0.15, -0.1) is 0 Å². The van der Waals surface area contributed by atoms with Gasteiger partial charge in [0, 0.05) is 51.7 Å². The Balaban J connectivity index is 1.15. The molecule has 3 aromatic rings. The van der Waals surface area contributed by atoms with Gasteiger partial charge in [-0.3, -0.25) is 19.6 Å². The molecule has 0 bridgehead atoms. The lowest BCUT2D eigenvalue weighted by molar-refractivity contribution is 0.101. The molecule has 36 heavy (non-hydrogen) atoms. The quantitative estimate of drug-likeness (QED) is 0.547. The van der Waals surface area contributed by atoms with Crippen LogP contribution in [0.5, 0.6) is 23.0 Å². The van der Waals surface area contributed by atoms with Crippen LogP contribution in [0.3, 0.4) is 0 Å². The number of rotatable bonds is 5. The Morgan fingerprint density at radius 1 is 0.972 bits per heavy atom. The Hall–Kier alpha value is -3.88. The van der Waals surface area contributed by atoms with Crippen molar-refractivity contribution in [3.8, 4) is 23.0 Å². The first-order chi connectivity index (χ1) is 17.5. The number of hydrogen-bond acceptors (Lipinski definition) is 8. The first-order valence-electron chi connectivity index (χ1n) is 12.1. The molecule has 3 aliphatic heterocycles. The van der Waals surface area contributed by atoms with E-state index in [4.69, 9.17) is 14.2 Å². The Kier molecular flexibility index (Phi) is 5.83. The van der Waals surface area contributed by atoms with Crippen LogP contribution in [-0.2, 0) is 13.1 Å². The number of benzene rings is 2. The summed E-state index contributed by atoms with van der Waals surface area (Å²) in [5.41, 5.74) is 3.93. The van der Waals surface area contributed by atoms with Crippen LogP contribution in [0.15, 0.2) is 54.6 Å². The predicted octanol–water partition coefficient (Wildman–Crippen LogP) is 3.76. The highest BCUT2D eigenvalue weighted by molar-refractivity contribution is 6.15. The Labute approximate surface area is 209 Å². The van der Waals surface area contributed by atoms with Crippen LogP contribution in [0.25, 0.3) is 6.08 Å². The number of aromatic nitrogens is 1. The zero-order chi connectivity index (χ0) is 24.6. The van der Waals surface area contributed by atoms with E-state index in [0.717, 1.165) is 49.8 Å². The zero-order valence-electron chi connectivity index (χ0n) is 20.1. The van der Waals surface area contributed by atoms with Gasteiger partial charge in [0.1, 0.15) is 11.5 Å². The van der Waals surface area contributed by atoms with E-state index >= 15 is 0 Å². The third-order valence-corrected chi connectivity index (χ3v) is 6.91.